The van der Waals surface area contributed by atoms with E-state index in [0.29, 0.717) is 62.8 Å². The Bertz CT molecular complexity index is 1760. The molecule has 2 saturated heterocycles. The molecule has 3 aromatic rings. The Balaban J connectivity index is 1.33. The number of benzene rings is 2. The fraction of sp³-hybridized carbons (Fsp3) is 0.529. The van der Waals surface area contributed by atoms with Gasteiger partial charge in [-0.05, 0) is 62.3 Å². The van der Waals surface area contributed by atoms with Crippen molar-refractivity contribution in [1.29, 1.82) is 0 Å². The molecule has 258 valence electrons. The molecule has 0 radical (unpaired) electrons. The smallest absolute Gasteiger partial charge is 0.371 e. The number of aryl methyl sites for hydroxylation is 1. The number of alkyl halides is 3. The highest BCUT2D eigenvalue weighted by molar-refractivity contribution is 6.39. The number of carbonyl (C=O) groups is 2. The predicted octanol–water partition coefficient (Wildman–Crippen LogP) is 7.99. The van der Waals surface area contributed by atoms with Crippen LogP contribution in [-0.2, 0) is 23.1 Å². The van der Waals surface area contributed by atoms with E-state index in [1.807, 2.05) is 38.5 Å². The molecule has 48 heavy (non-hydrogen) atoms. The van der Waals surface area contributed by atoms with Crippen LogP contribution in [0.1, 0.15) is 75.2 Å². The average molecular weight is 708 g/mol. The lowest BCUT2D eigenvalue weighted by Gasteiger charge is -2.34. The van der Waals surface area contributed by atoms with Crippen molar-refractivity contribution in [2.45, 2.75) is 84.2 Å². The summed E-state index contributed by atoms with van der Waals surface area (Å²) >= 11 is 13.4. The zero-order valence-electron chi connectivity index (χ0n) is 27.3. The summed E-state index contributed by atoms with van der Waals surface area (Å²) in [6, 6.07) is 7.06. The molecule has 1 aromatic heterocycles. The highest BCUT2D eigenvalue weighted by Crippen LogP contribution is 2.39. The van der Waals surface area contributed by atoms with Gasteiger partial charge in [0.05, 0.1) is 56.1 Å². The third-order valence-electron chi connectivity index (χ3n) is 9.43. The summed E-state index contributed by atoms with van der Waals surface area (Å²) in [7, 11) is 1.83. The van der Waals surface area contributed by atoms with Crippen LogP contribution in [0.4, 0.5) is 30.5 Å². The Morgan fingerprint density at radius 3 is 2.33 bits per heavy atom. The molecule has 6 rings (SSSR count). The van der Waals surface area contributed by atoms with Crippen molar-refractivity contribution >= 4 is 69.1 Å². The topological polar surface area (TPSA) is 101 Å². The van der Waals surface area contributed by atoms with Gasteiger partial charge in [-0.15, -0.1) is 0 Å². The molecule has 2 aliphatic heterocycles. The van der Waals surface area contributed by atoms with Crippen LogP contribution < -0.4 is 15.5 Å². The molecule has 2 unspecified atom stereocenters. The molecular formula is C34H39Cl2F3N6O3. The molecule has 3 heterocycles. The summed E-state index contributed by atoms with van der Waals surface area (Å²) in [5.74, 6) is -1.57. The molecule has 0 spiro atoms. The average Bonchev–Trinajstić information content (AvgIpc) is 3.53. The van der Waals surface area contributed by atoms with E-state index in [-0.39, 0.29) is 50.3 Å². The zero-order chi connectivity index (χ0) is 34.5. The Hall–Kier alpha value is -3.35. The van der Waals surface area contributed by atoms with Gasteiger partial charge >= 0.3 is 6.18 Å². The summed E-state index contributed by atoms with van der Waals surface area (Å²) in [6.45, 7) is 6.91. The van der Waals surface area contributed by atoms with E-state index >= 15 is 0 Å². The predicted molar refractivity (Wildman–Crippen MR) is 182 cm³/mol. The van der Waals surface area contributed by atoms with Gasteiger partial charge in [0.1, 0.15) is 0 Å². The zero-order valence-corrected chi connectivity index (χ0v) is 28.8. The van der Waals surface area contributed by atoms with Crippen molar-refractivity contribution < 1.29 is 27.5 Å². The van der Waals surface area contributed by atoms with Crippen LogP contribution in [0, 0.1) is 11.3 Å². The molecule has 14 heteroatoms. The normalized spacial score (nSPS) is 21.5. The number of nitrogens with one attached hydrogen (secondary N) is 2. The fourth-order valence-electron chi connectivity index (χ4n) is 6.58. The molecule has 9 nitrogen and oxygen atoms in total. The number of nitrogens with zero attached hydrogens (tertiary/aromatic N) is 4. The number of anilines is 3. The first-order chi connectivity index (χ1) is 22.6. The number of rotatable bonds is 6. The SMILES string of the molecule is Cn1c(Nc2c(Cl)ccc(CNC(=O)C(C)(C)C)c2Cl)nc2cc(C(=O)N=C3CCC(C(F)(F)F)CC3)c(N3CC4CCC(C3)O4)cc21. The minimum absolute atomic E-state index is 0.0554. The summed E-state index contributed by atoms with van der Waals surface area (Å²) < 4.78 is 47.6. The maximum atomic E-state index is 13.8. The van der Waals surface area contributed by atoms with E-state index in [0.717, 1.165) is 18.4 Å². The molecule has 2 bridgehead atoms. The molecular weight excluding hydrogens is 668 g/mol. The van der Waals surface area contributed by atoms with Crippen LogP contribution in [0.2, 0.25) is 10.0 Å². The number of hydrogen-bond donors (Lipinski definition) is 2. The molecule has 2 aromatic carbocycles. The quantitative estimate of drug-likeness (QED) is 0.270. The van der Waals surface area contributed by atoms with Crippen LogP contribution in [0.25, 0.3) is 11.0 Å². The van der Waals surface area contributed by atoms with Crippen LogP contribution in [0.5, 0.6) is 0 Å². The van der Waals surface area contributed by atoms with Gasteiger partial charge < -0.3 is 24.8 Å². The number of aliphatic imine (C=N–C) groups is 1. The summed E-state index contributed by atoms with van der Waals surface area (Å²) in [4.78, 5) is 37.5. The van der Waals surface area contributed by atoms with Crippen LogP contribution in [0.3, 0.4) is 0 Å². The number of hydrogen-bond acceptors (Lipinski definition) is 6. The number of imidazole rings is 1. The van der Waals surface area contributed by atoms with Crippen molar-refractivity contribution in [2.75, 3.05) is 23.3 Å². The van der Waals surface area contributed by atoms with E-state index in [1.54, 1.807) is 18.2 Å². The van der Waals surface area contributed by atoms with E-state index in [2.05, 4.69) is 20.5 Å². The third-order valence-corrected chi connectivity index (χ3v) is 10.2. The Morgan fingerprint density at radius 2 is 1.71 bits per heavy atom. The van der Waals surface area contributed by atoms with E-state index in [9.17, 15) is 22.8 Å². The van der Waals surface area contributed by atoms with Crippen molar-refractivity contribution in [2.24, 2.45) is 23.4 Å². The van der Waals surface area contributed by atoms with Crippen molar-refractivity contribution in [3.05, 3.63) is 45.4 Å². The maximum Gasteiger partial charge on any atom is 0.391 e. The van der Waals surface area contributed by atoms with Crippen LogP contribution in [0.15, 0.2) is 29.3 Å². The molecule has 2 N–H and O–H groups in total. The number of halogens is 5. The van der Waals surface area contributed by atoms with Gasteiger partial charge in [-0.25, -0.2) is 9.98 Å². The highest BCUT2D eigenvalue weighted by Gasteiger charge is 2.41. The number of morpholine rings is 1. The van der Waals surface area contributed by atoms with E-state index in [4.69, 9.17) is 32.9 Å². The van der Waals surface area contributed by atoms with Gasteiger partial charge in [0, 0.05) is 37.8 Å². The molecule has 2 amide bonds. The second-order valence-electron chi connectivity index (χ2n) is 14.0. The van der Waals surface area contributed by atoms with Gasteiger partial charge in [0.25, 0.3) is 5.91 Å². The second-order valence-corrected chi connectivity index (χ2v) is 14.8. The molecule has 3 fully saturated rings. The van der Waals surface area contributed by atoms with Crippen molar-refractivity contribution in [1.82, 2.24) is 14.9 Å². The van der Waals surface area contributed by atoms with Crippen LogP contribution in [-0.4, -0.2) is 58.6 Å². The minimum atomic E-state index is -4.24. The molecule has 1 saturated carbocycles. The first-order valence-corrected chi connectivity index (χ1v) is 16.9. The third kappa shape index (κ3) is 7.16. The Morgan fingerprint density at radius 1 is 1.04 bits per heavy atom. The summed E-state index contributed by atoms with van der Waals surface area (Å²) in [5.41, 5.74) is 3.29. The first-order valence-electron chi connectivity index (χ1n) is 16.2. The summed E-state index contributed by atoms with van der Waals surface area (Å²) in [6.07, 6.45) is -2.13. The van der Waals surface area contributed by atoms with Gasteiger partial charge in [0.2, 0.25) is 11.9 Å². The minimum Gasteiger partial charge on any atom is -0.371 e. The lowest BCUT2D eigenvalue weighted by molar-refractivity contribution is -0.178. The Kier molecular flexibility index (Phi) is 9.47. The number of aromatic nitrogens is 2. The van der Waals surface area contributed by atoms with Crippen molar-refractivity contribution in [3.63, 3.8) is 0 Å². The summed E-state index contributed by atoms with van der Waals surface area (Å²) in [5, 5.41) is 6.84. The number of ether oxygens (including phenoxy) is 1. The van der Waals surface area contributed by atoms with Crippen molar-refractivity contribution in [3.8, 4) is 0 Å². The molecule has 2 atom stereocenters. The lowest BCUT2D eigenvalue weighted by atomic mass is 9.87. The van der Waals surface area contributed by atoms with Crippen LogP contribution >= 0.6 is 23.2 Å². The van der Waals surface area contributed by atoms with Gasteiger partial charge in [-0.3, -0.25) is 9.59 Å². The number of fused-ring (bicyclic) bond motifs is 3. The number of amides is 2. The lowest BCUT2D eigenvalue weighted by Crippen LogP contribution is -2.43. The molecule has 3 aliphatic rings. The maximum absolute atomic E-state index is 13.8. The number of carbonyl (C=O) groups excluding carboxylic acids is 2. The molecule has 1 aliphatic carbocycles. The van der Waals surface area contributed by atoms with E-state index < -0.39 is 23.4 Å². The Labute approximate surface area is 287 Å². The fourth-order valence-corrected chi connectivity index (χ4v) is 7.11. The van der Waals surface area contributed by atoms with Gasteiger partial charge in [0.15, 0.2) is 0 Å². The highest BCUT2D eigenvalue weighted by atomic mass is 35.5. The second kappa shape index (κ2) is 13.2. The monoisotopic (exact) mass is 706 g/mol. The standard InChI is InChI=1S/C34H39Cl2F3N6O3/c1-33(2,3)31(47)40-15-18-5-12-24(35)29(28(18)36)43-32-42-25-13-23(30(46)41-20-8-6-19(7-9-20)34(37,38)39)26(14-27(25)44(32)4)45-16-21-10-11-22(17-45)48-21/h5,12-14,19,21-22H,6-11,15-17H2,1-4H3,(H,40,47)(H,42,43). The van der Waals surface area contributed by atoms with E-state index in [1.165, 1.54) is 0 Å². The largest absolute Gasteiger partial charge is 0.391 e. The first kappa shape index (κ1) is 34.5. The van der Waals surface area contributed by atoms with Gasteiger partial charge in [-0.1, -0.05) is 50.0 Å². The van der Waals surface area contributed by atoms with Gasteiger partial charge in [-0.2, -0.15) is 13.2 Å².